The predicted molar refractivity (Wildman–Crippen MR) is 84.8 cm³/mol. The van der Waals surface area contributed by atoms with E-state index in [1.807, 2.05) is 32.9 Å². The number of pyridine rings is 1. The minimum Gasteiger partial charge on any atom is -0.360 e. The van der Waals surface area contributed by atoms with Gasteiger partial charge in [-0.1, -0.05) is 34.5 Å². The third-order valence-electron chi connectivity index (χ3n) is 3.75. The Morgan fingerprint density at radius 1 is 1.12 bits per heavy atom. The van der Waals surface area contributed by atoms with Gasteiger partial charge in [0.05, 0.1) is 11.4 Å². The SMILES string of the molecule is Cc1cc(C)cc(C(C)Nc2noc3c(C(F)(F)F)nccc23)c1. The molecule has 0 bridgehead atoms. The second-order valence-electron chi connectivity index (χ2n) is 5.85. The molecule has 0 amide bonds. The first-order chi connectivity index (χ1) is 11.3. The third kappa shape index (κ3) is 3.06. The Hall–Kier alpha value is -2.57. The number of nitrogens with one attached hydrogen (secondary N) is 1. The lowest BCUT2D eigenvalue weighted by Gasteiger charge is -2.15. The number of benzene rings is 1. The Labute approximate surface area is 136 Å². The Morgan fingerprint density at radius 2 is 1.79 bits per heavy atom. The van der Waals surface area contributed by atoms with Crippen molar-refractivity contribution >= 4 is 16.8 Å². The molecule has 0 aliphatic carbocycles. The van der Waals surface area contributed by atoms with E-state index in [1.165, 1.54) is 6.07 Å². The largest absolute Gasteiger partial charge is 0.437 e. The number of alkyl halides is 3. The summed E-state index contributed by atoms with van der Waals surface area (Å²) < 4.78 is 43.8. The van der Waals surface area contributed by atoms with Gasteiger partial charge in [-0.05, 0) is 32.4 Å². The molecule has 1 unspecified atom stereocenters. The molecule has 0 radical (unpaired) electrons. The van der Waals surface area contributed by atoms with E-state index < -0.39 is 11.9 Å². The summed E-state index contributed by atoms with van der Waals surface area (Å²) in [6, 6.07) is 7.42. The van der Waals surface area contributed by atoms with Gasteiger partial charge in [-0.15, -0.1) is 0 Å². The van der Waals surface area contributed by atoms with Crippen molar-refractivity contribution in [3.8, 4) is 0 Å². The van der Waals surface area contributed by atoms with Crippen LogP contribution in [-0.4, -0.2) is 10.1 Å². The molecular formula is C17H16F3N3O. The maximum atomic E-state index is 13.0. The van der Waals surface area contributed by atoms with E-state index in [0.29, 0.717) is 0 Å². The molecule has 3 aromatic rings. The van der Waals surface area contributed by atoms with Gasteiger partial charge >= 0.3 is 6.18 Å². The predicted octanol–water partition coefficient (Wildman–Crippen LogP) is 5.03. The number of rotatable bonds is 3. The van der Waals surface area contributed by atoms with Crippen LogP contribution >= 0.6 is 0 Å². The summed E-state index contributed by atoms with van der Waals surface area (Å²) in [6.07, 6.45) is -3.48. The van der Waals surface area contributed by atoms with Crippen LogP contribution < -0.4 is 5.32 Å². The minimum absolute atomic E-state index is 0.139. The van der Waals surface area contributed by atoms with Crippen LogP contribution in [0, 0.1) is 13.8 Å². The van der Waals surface area contributed by atoms with Crippen LogP contribution in [0.1, 0.15) is 35.3 Å². The highest BCUT2D eigenvalue weighted by molar-refractivity contribution is 5.89. The van der Waals surface area contributed by atoms with E-state index in [2.05, 4.69) is 21.5 Å². The Morgan fingerprint density at radius 3 is 2.42 bits per heavy atom. The Kier molecular flexibility index (Phi) is 3.95. The van der Waals surface area contributed by atoms with Gasteiger partial charge < -0.3 is 9.84 Å². The summed E-state index contributed by atoms with van der Waals surface area (Å²) in [4.78, 5) is 3.37. The average Bonchev–Trinajstić information content (AvgIpc) is 2.88. The molecule has 24 heavy (non-hydrogen) atoms. The standard InChI is InChI=1S/C17H16F3N3O/c1-9-6-10(2)8-12(7-9)11(3)22-16-13-4-5-21-15(17(18,19)20)14(13)24-23-16/h4-8,11H,1-3H3,(H,22,23). The van der Waals surface area contributed by atoms with Crippen LogP contribution in [0.5, 0.6) is 0 Å². The lowest BCUT2D eigenvalue weighted by molar-refractivity contribution is -0.140. The number of hydrogen-bond acceptors (Lipinski definition) is 4. The molecule has 2 heterocycles. The molecule has 1 atom stereocenters. The third-order valence-corrected chi connectivity index (χ3v) is 3.75. The van der Waals surface area contributed by atoms with E-state index >= 15 is 0 Å². The van der Waals surface area contributed by atoms with Gasteiger partial charge in [0.2, 0.25) is 0 Å². The van der Waals surface area contributed by atoms with Crippen LogP contribution in [0.2, 0.25) is 0 Å². The van der Waals surface area contributed by atoms with Crippen molar-refractivity contribution in [2.24, 2.45) is 0 Å². The molecule has 1 N–H and O–H groups in total. The molecule has 0 aliphatic heterocycles. The van der Waals surface area contributed by atoms with Crippen molar-refractivity contribution in [2.75, 3.05) is 5.32 Å². The molecule has 0 saturated carbocycles. The fourth-order valence-electron chi connectivity index (χ4n) is 2.72. The van der Waals surface area contributed by atoms with Gasteiger partial charge in [0.25, 0.3) is 0 Å². The van der Waals surface area contributed by atoms with Crippen molar-refractivity contribution in [3.05, 3.63) is 52.8 Å². The summed E-state index contributed by atoms with van der Waals surface area (Å²) in [5.74, 6) is 0.268. The van der Waals surface area contributed by atoms with Crippen molar-refractivity contribution in [1.82, 2.24) is 10.1 Å². The molecule has 3 rings (SSSR count). The summed E-state index contributed by atoms with van der Waals surface area (Å²) >= 11 is 0. The lowest BCUT2D eigenvalue weighted by Crippen LogP contribution is -2.09. The molecule has 0 saturated heterocycles. The molecule has 0 spiro atoms. The second kappa shape index (κ2) is 5.81. The van der Waals surface area contributed by atoms with Gasteiger partial charge in [0.15, 0.2) is 17.1 Å². The van der Waals surface area contributed by atoms with Crippen molar-refractivity contribution in [2.45, 2.75) is 33.0 Å². The van der Waals surface area contributed by atoms with E-state index in [0.717, 1.165) is 22.9 Å². The highest BCUT2D eigenvalue weighted by Gasteiger charge is 2.37. The summed E-state index contributed by atoms with van der Waals surface area (Å²) in [6.45, 7) is 5.91. The second-order valence-corrected chi connectivity index (χ2v) is 5.85. The maximum Gasteiger partial charge on any atom is 0.437 e. The number of hydrogen-bond donors (Lipinski definition) is 1. The number of fused-ring (bicyclic) bond motifs is 1. The number of aromatic nitrogens is 2. The molecule has 4 nitrogen and oxygen atoms in total. The highest BCUT2D eigenvalue weighted by Crippen LogP contribution is 2.36. The number of anilines is 1. The van der Waals surface area contributed by atoms with E-state index in [9.17, 15) is 13.2 Å². The van der Waals surface area contributed by atoms with Gasteiger partial charge in [-0.3, -0.25) is 0 Å². The van der Waals surface area contributed by atoms with E-state index in [-0.39, 0.29) is 22.8 Å². The molecule has 7 heteroatoms. The lowest BCUT2D eigenvalue weighted by atomic mass is 10.0. The van der Waals surface area contributed by atoms with Crippen LogP contribution in [0.15, 0.2) is 35.0 Å². The molecule has 2 aromatic heterocycles. The first-order valence-electron chi connectivity index (χ1n) is 7.42. The normalized spacial score (nSPS) is 13.2. The van der Waals surface area contributed by atoms with Crippen LogP contribution in [-0.2, 0) is 6.18 Å². The monoisotopic (exact) mass is 335 g/mol. The van der Waals surface area contributed by atoms with Crippen LogP contribution in [0.4, 0.5) is 19.0 Å². The van der Waals surface area contributed by atoms with Crippen molar-refractivity contribution in [3.63, 3.8) is 0 Å². The molecule has 0 fully saturated rings. The average molecular weight is 335 g/mol. The van der Waals surface area contributed by atoms with Gasteiger partial charge in [0, 0.05) is 6.20 Å². The van der Waals surface area contributed by atoms with Gasteiger partial charge in [-0.2, -0.15) is 13.2 Å². The molecule has 1 aromatic carbocycles. The molecule has 126 valence electrons. The van der Waals surface area contributed by atoms with Gasteiger partial charge in [0.1, 0.15) is 0 Å². The smallest absolute Gasteiger partial charge is 0.360 e. The zero-order chi connectivity index (χ0) is 17.5. The van der Waals surface area contributed by atoms with Gasteiger partial charge in [-0.25, -0.2) is 4.98 Å². The summed E-state index contributed by atoms with van der Waals surface area (Å²) in [5.41, 5.74) is 1.83. The summed E-state index contributed by atoms with van der Waals surface area (Å²) in [5, 5.41) is 7.13. The maximum absolute atomic E-state index is 13.0. The number of aryl methyl sites for hydroxylation is 2. The quantitative estimate of drug-likeness (QED) is 0.729. The van der Waals surface area contributed by atoms with Crippen molar-refractivity contribution in [1.29, 1.82) is 0 Å². The number of halogens is 3. The zero-order valence-corrected chi connectivity index (χ0v) is 13.4. The van der Waals surface area contributed by atoms with Crippen LogP contribution in [0.25, 0.3) is 11.0 Å². The first kappa shape index (κ1) is 16.3. The topological polar surface area (TPSA) is 51.0 Å². The first-order valence-corrected chi connectivity index (χ1v) is 7.42. The molecule has 0 aliphatic rings. The zero-order valence-electron chi connectivity index (χ0n) is 13.4. The van der Waals surface area contributed by atoms with Crippen LogP contribution in [0.3, 0.4) is 0 Å². The number of nitrogens with zero attached hydrogens (tertiary/aromatic N) is 2. The Bertz CT molecular complexity index is 866. The summed E-state index contributed by atoms with van der Waals surface area (Å²) in [7, 11) is 0. The van der Waals surface area contributed by atoms with E-state index in [1.54, 1.807) is 0 Å². The highest BCUT2D eigenvalue weighted by atomic mass is 19.4. The van der Waals surface area contributed by atoms with E-state index in [4.69, 9.17) is 4.52 Å². The molecular weight excluding hydrogens is 319 g/mol. The Balaban J connectivity index is 1.96. The fraction of sp³-hybridized carbons (Fsp3) is 0.294. The fourth-order valence-corrected chi connectivity index (χ4v) is 2.72. The minimum atomic E-state index is -4.59. The van der Waals surface area contributed by atoms with Crippen molar-refractivity contribution < 1.29 is 17.7 Å².